The largest absolute Gasteiger partial charge is 0.486 e. The molecule has 5 rings (SSSR count). The summed E-state index contributed by atoms with van der Waals surface area (Å²) in [6.07, 6.45) is 5.10. The molecule has 0 bridgehead atoms. The summed E-state index contributed by atoms with van der Waals surface area (Å²) in [5.74, 6) is 1.70. The van der Waals surface area contributed by atoms with Crippen LogP contribution in [0, 0.1) is 5.41 Å². The van der Waals surface area contributed by atoms with Gasteiger partial charge in [-0.05, 0) is 56.4 Å². The molecule has 0 saturated heterocycles. The van der Waals surface area contributed by atoms with Crippen molar-refractivity contribution in [2.45, 2.75) is 61.7 Å². The smallest absolute Gasteiger partial charge is 0.232 e. The highest BCUT2D eigenvalue weighted by Gasteiger charge is 2.69. The molecule has 2 heterocycles. The molecule has 146 valence electrons. The summed E-state index contributed by atoms with van der Waals surface area (Å²) in [6, 6.07) is 4.24. The highest BCUT2D eigenvalue weighted by Crippen LogP contribution is 2.65. The number of amides is 1. The fraction of sp³-hybridized carbons (Fsp3) is 0.667. The number of rotatable bonds is 1. The Morgan fingerprint density at radius 2 is 1.74 bits per heavy atom. The Labute approximate surface area is 170 Å². The molecule has 0 radical (unpaired) electrons. The number of hydrogen-bond acceptors (Lipinski definition) is 3. The third kappa shape index (κ3) is 2.45. The van der Waals surface area contributed by atoms with E-state index >= 15 is 0 Å². The number of ether oxygens (including phenoxy) is 2. The van der Waals surface area contributed by atoms with E-state index in [4.69, 9.17) is 32.7 Å². The van der Waals surface area contributed by atoms with Crippen LogP contribution in [-0.4, -0.2) is 34.9 Å². The molecule has 0 aromatic heterocycles. The van der Waals surface area contributed by atoms with Crippen molar-refractivity contribution in [1.82, 2.24) is 4.90 Å². The van der Waals surface area contributed by atoms with Crippen LogP contribution in [-0.2, 0) is 10.2 Å². The minimum atomic E-state index is -0.945. The molecule has 2 unspecified atom stereocenters. The second kappa shape index (κ2) is 5.70. The molecule has 2 fully saturated rings. The standard InChI is InChI=1S/C21H25Cl2NO3/c1-13-14-9-16-17(27-8-7-26-16)10-15(14)20(5-3-4-6-20)12-24(13)18(25)19(2)11-21(19,22)23/h9-10,13H,3-8,11-12H2,1-2H3. The molecule has 0 N–H and O–H groups in total. The Balaban J connectivity index is 1.60. The van der Waals surface area contributed by atoms with Crippen molar-refractivity contribution in [3.63, 3.8) is 0 Å². The van der Waals surface area contributed by atoms with E-state index in [9.17, 15) is 4.79 Å². The zero-order chi connectivity index (χ0) is 19.0. The number of carbonyl (C=O) groups is 1. The van der Waals surface area contributed by atoms with E-state index in [0.717, 1.165) is 30.9 Å². The van der Waals surface area contributed by atoms with Gasteiger partial charge in [0, 0.05) is 12.0 Å². The average Bonchev–Trinajstić information content (AvgIpc) is 2.98. The summed E-state index contributed by atoms with van der Waals surface area (Å²) >= 11 is 12.7. The monoisotopic (exact) mass is 409 g/mol. The van der Waals surface area contributed by atoms with Crippen molar-refractivity contribution in [3.05, 3.63) is 23.3 Å². The molecule has 1 spiro atoms. The lowest BCUT2D eigenvalue weighted by Gasteiger charge is -2.47. The van der Waals surface area contributed by atoms with E-state index in [1.165, 1.54) is 24.0 Å². The molecule has 27 heavy (non-hydrogen) atoms. The highest BCUT2D eigenvalue weighted by atomic mass is 35.5. The molecule has 1 aromatic rings. The molecular formula is C21H25Cl2NO3. The first-order valence-electron chi connectivity index (χ1n) is 9.90. The van der Waals surface area contributed by atoms with Crippen LogP contribution in [0.3, 0.4) is 0 Å². The predicted molar refractivity (Wildman–Crippen MR) is 105 cm³/mol. The average molecular weight is 410 g/mol. The topological polar surface area (TPSA) is 38.8 Å². The molecule has 6 heteroatoms. The Bertz CT molecular complexity index is 818. The van der Waals surface area contributed by atoms with Crippen LogP contribution in [0.5, 0.6) is 11.5 Å². The van der Waals surface area contributed by atoms with Crippen molar-refractivity contribution in [1.29, 1.82) is 0 Å². The van der Waals surface area contributed by atoms with Gasteiger partial charge in [0.15, 0.2) is 11.5 Å². The second-order valence-corrected chi connectivity index (χ2v) is 10.4. The van der Waals surface area contributed by atoms with Gasteiger partial charge in [0.2, 0.25) is 5.91 Å². The summed E-state index contributed by atoms with van der Waals surface area (Å²) < 4.78 is 10.7. The number of fused-ring (bicyclic) bond motifs is 3. The van der Waals surface area contributed by atoms with Gasteiger partial charge in [-0.25, -0.2) is 0 Å². The van der Waals surface area contributed by atoms with E-state index < -0.39 is 9.75 Å². The maximum absolute atomic E-state index is 13.4. The van der Waals surface area contributed by atoms with E-state index in [1.54, 1.807) is 0 Å². The van der Waals surface area contributed by atoms with Crippen LogP contribution in [0.15, 0.2) is 12.1 Å². The van der Waals surface area contributed by atoms with Crippen molar-refractivity contribution < 1.29 is 14.3 Å². The normalized spacial score (nSPS) is 32.3. The fourth-order valence-corrected chi connectivity index (χ4v) is 6.00. The lowest BCUT2D eigenvalue weighted by atomic mass is 9.71. The zero-order valence-electron chi connectivity index (χ0n) is 15.8. The van der Waals surface area contributed by atoms with Crippen molar-refractivity contribution in [2.24, 2.45) is 5.41 Å². The van der Waals surface area contributed by atoms with Crippen molar-refractivity contribution in [3.8, 4) is 11.5 Å². The first-order valence-corrected chi connectivity index (χ1v) is 10.7. The Hall–Kier alpha value is -1.13. The third-order valence-corrected chi connectivity index (χ3v) is 8.33. The van der Waals surface area contributed by atoms with Gasteiger partial charge in [-0.2, -0.15) is 0 Å². The van der Waals surface area contributed by atoms with Gasteiger partial charge in [-0.1, -0.05) is 12.8 Å². The first-order chi connectivity index (χ1) is 12.8. The molecule has 2 saturated carbocycles. The van der Waals surface area contributed by atoms with Gasteiger partial charge in [0.1, 0.15) is 17.5 Å². The SMILES string of the molecule is CC1c2cc3c(cc2C2(CCCC2)CN1C(=O)C1(C)CC1(Cl)Cl)OCCO3. The lowest BCUT2D eigenvalue weighted by molar-refractivity contribution is -0.140. The Kier molecular flexibility index (Phi) is 3.78. The maximum atomic E-state index is 13.4. The van der Waals surface area contributed by atoms with Gasteiger partial charge in [-0.3, -0.25) is 4.79 Å². The van der Waals surface area contributed by atoms with Crippen LogP contribution in [0.25, 0.3) is 0 Å². The fourth-order valence-electron chi connectivity index (χ4n) is 5.30. The maximum Gasteiger partial charge on any atom is 0.232 e. The molecule has 4 aliphatic rings. The van der Waals surface area contributed by atoms with Crippen LogP contribution in [0.4, 0.5) is 0 Å². The number of nitrogens with zero attached hydrogens (tertiary/aromatic N) is 1. The van der Waals surface area contributed by atoms with Crippen LogP contribution in [0.1, 0.15) is 63.1 Å². The summed E-state index contributed by atoms with van der Waals surface area (Å²) in [6.45, 7) is 5.88. The van der Waals surface area contributed by atoms with E-state index in [1.807, 2.05) is 11.8 Å². The third-order valence-electron chi connectivity index (χ3n) is 7.23. The van der Waals surface area contributed by atoms with Gasteiger partial charge in [-0.15, -0.1) is 23.2 Å². The van der Waals surface area contributed by atoms with Crippen molar-refractivity contribution in [2.75, 3.05) is 19.8 Å². The number of halogens is 2. The lowest BCUT2D eigenvalue weighted by Crippen LogP contribution is -2.51. The molecule has 2 aliphatic carbocycles. The number of hydrogen-bond donors (Lipinski definition) is 0. The summed E-state index contributed by atoms with van der Waals surface area (Å²) in [4.78, 5) is 15.5. The van der Waals surface area contributed by atoms with Crippen LogP contribution < -0.4 is 9.47 Å². The van der Waals surface area contributed by atoms with Gasteiger partial charge in [0.05, 0.1) is 11.5 Å². The van der Waals surface area contributed by atoms with E-state index in [2.05, 4.69) is 19.1 Å². The molecule has 2 aliphatic heterocycles. The van der Waals surface area contributed by atoms with Crippen LogP contribution in [0.2, 0.25) is 0 Å². The highest BCUT2D eigenvalue weighted by molar-refractivity contribution is 6.53. The predicted octanol–water partition coefficient (Wildman–Crippen LogP) is 4.76. The van der Waals surface area contributed by atoms with Gasteiger partial charge in [0.25, 0.3) is 0 Å². The Morgan fingerprint density at radius 3 is 2.33 bits per heavy atom. The van der Waals surface area contributed by atoms with Crippen molar-refractivity contribution >= 4 is 29.1 Å². The minimum absolute atomic E-state index is 0.000123. The minimum Gasteiger partial charge on any atom is -0.486 e. The van der Waals surface area contributed by atoms with Gasteiger partial charge < -0.3 is 14.4 Å². The molecule has 1 amide bonds. The van der Waals surface area contributed by atoms with E-state index in [-0.39, 0.29) is 17.4 Å². The van der Waals surface area contributed by atoms with E-state index in [0.29, 0.717) is 19.6 Å². The first kappa shape index (κ1) is 17.9. The quantitative estimate of drug-likeness (QED) is 0.627. The van der Waals surface area contributed by atoms with Gasteiger partial charge >= 0.3 is 0 Å². The molecular weight excluding hydrogens is 385 g/mol. The number of alkyl halides is 2. The number of carbonyl (C=O) groups excluding carboxylic acids is 1. The number of benzene rings is 1. The molecule has 1 aromatic carbocycles. The zero-order valence-corrected chi connectivity index (χ0v) is 17.3. The summed E-state index contributed by atoms with van der Waals surface area (Å²) in [7, 11) is 0. The van der Waals surface area contributed by atoms with Crippen LogP contribution >= 0.6 is 23.2 Å². The summed E-state index contributed by atoms with van der Waals surface area (Å²) in [5.41, 5.74) is 1.83. The Morgan fingerprint density at radius 1 is 1.15 bits per heavy atom. The molecule has 4 nitrogen and oxygen atoms in total. The molecule has 2 atom stereocenters. The second-order valence-electron chi connectivity index (χ2n) is 8.89. The summed E-state index contributed by atoms with van der Waals surface area (Å²) in [5, 5.41) is 0.